The van der Waals surface area contributed by atoms with Crippen molar-refractivity contribution in [2.45, 2.75) is 12.8 Å². The van der Waals surface area contributed by atoms with Gasteiger partial charge < -0.3 is 9.47 Å². The third-order valence-electron chi connectivity index (χ3n) is 5.10. The van der Waals surface area contributed by atoms with Crippen molar-refractivity contribution in [3.05, 3.63) is 101 Å². The first-order valence-electron chi connectivity index (χ1n) is 10.6. The zero-order chi connectivity index (χ0) is 23.9. The molecule has 0 amide bonds. The van der Waals surface area contributed by atoms with Crippen LogP contribution in [0.2, 0.25) is 0 Å². The lowest BCUT2D eigenvalue weighted by molar-refractivity contribution is -0.117. The van der Waals surface area contributed by atoms with E-state index in [2.05, 4.69) is 9.83 Å². The zero-order valence-corrected chi connectivity index (χ0v) is 18.9. The predicted molar refractivity (Wildman–Crippen MR) is 130 cm³/mol. The Morgan fingerprint density at radius 1 is 0.971 bits per heavy atom. The second-order valence-corrected chi connectivity index (χ2v) is 7.94. The maximum atomic E-state index is 13.0. The van der Waals surface area contributed by atoms with Crippen LogP contribution in [0.1, 0.15) is 11.1 Å². The minimum absolute atomic E-state index is 0.0410. The minimum atomic E-state index is -0.320. The van der Waals surface area contributed by atoms with Gasteiger partial charge in [-0.3, -0.25) is 9.78 Å². The molecule has 0 saturated carbocycles. The molecular formula is C27H20ClFN2O3. The van der Waals surface area contributed by atoms with E-state index in [1.807, 2.05) is 12.1 Å². The first-order chi connectivity index (χ1) is 16.6. The van der Waals surface area contributed by atoms with Crippen molar-refractivity contribution >= 4 is 34.0 Å². The second kappa shape index (κ2) is 10.8. The van der Waals surface area contributed by atoms with Crippen molar-refractivity contribution in [2.24, 2.45) is 0 Å². The molecule has 0 atom stereocenters. The molecule has 34 heavy (non-hydrogen) atoms. The molecule has 0 bridgehead atoms. The number of hydrogen-bond acceptors (Lipinski definition) is 4. The number of Topliss-reactive ketones (excluding diaryl/α,β-unsaturated/α-hetero) is 1. The van der Waals surface area contributed by atoms with Crippen LogP contribution >= 0.6 is 11.6 Å². The van der Waals surface area contributed by atoms with Gasteiger partial charge in [-0.1, -0.05) is 24.3 Å². The number of ketones is 1. The molecule has 0 N–H and O–H groups in total. The Hall–Kier alpha value is -3.95. The molecule has 1 aromatic heterocycles. The minimum Gasteiger partial charge on any atom is -0.503 e. The summed E-state index contributed by atoms with van der Waals surface area (Å²) < 4.78 is 24.6. The SMILES string of the molecule is [C-]#[N+]c1cc2c(Oc3ccc(CC(=O)Cc4ccc(F)cc4)cc3)ccnc2cc1OCCCl. The van der Waals surface area contributed by atoms with E-state index in [1.165, 1.54) is 12.1 Å². The third kappa shape index (κ3) is 5.69. The molecule has 0 spiro atoms. The maximum absolute atomic E-state index is 13.0. The van der Waals surface area contributed by atoms with Gasteiger partial charge in [-0.05, 0) is 53.6 Å². The van der Waals surface area contributed by atoms with Crippen molar-refractivity contribution in [1.82, 2.24) is 4.98 Å². The van der Waals surface area contributed by atoms with Crippen molar-refractivity contribution in [3.8, 4) is 17.2 Å². The van der Waals surface area contributed by atoms with Crippen LogP contribution in [0, 0.1) is 12.4 Å². The first kappa shape index (κ1) is 23.2. The molecule has 3 aromatic carbocycles. The van der Waals surface area contributed by atoms with E-state index in [-0.39, 0.29) is 24.4 Å². The van der Waals surface area contributed by atoms with E-state index >= 15 is 0 Å². The summed E-state index contributed by atoms with van der Waals surface area (Å²) in [6.07, 6.45) is 2.15. The Labute approximate surface area is 201 Å². The predicted octanol–water partition coefficient (Wildman–Crippen LogP) is 6.69. The molecule has 1 heterocycles. The summed E-state index contributed by atoms with van der Waals surface area (Å²) in [7, 11) is 0. The van der Waals surface area contributed by atoms with Crippen LogP contribution in [-0.4, -0.2) is 23.3 Å². The van der Waals surface area contributed by atoms with Crippen molar-refractivity contribution in [1.29, 1.82) is 0 Å². The number of benzene rings is 3. The third-order valence-corrected chi connectivity index (χ3v) is 5.26. The number of aromatic nitrogens is 1. The molecule has 0 aliphatic rings. The molecule has 7 heteroatoms. The Morgan fingerprint density at radius 3 is 2.29 bits per heavy atom. The van der Waals surface area contributed by atoms with E-state index < -0.39 is 0 Å². The van der Waals surface area contributed by atoms with E-state index in [9.17, 15) is 9.18 Å². The standard InChI is InChI=1S/C27H20ClFN2O3/c1-30-25-16-23-24(17-27(25)33-13-11-28)31-12-10-26(23)34-22-8-4-19(5-9-22)15-21(32)14-18-2-6-20(29)7-3-18/h2-10,12,16-17H,11,13-15H2. The number of fused-ring (bicyclic) bond motifs is 1. The van der Waals surface area contributed by atoms with Crippen LogP contribution in [0.3, 0.4) is 0 Å². The fraction of sp³-hybridized carbons (Fsp3) is 0.148. The molecule has 0 aliphatic heterocycles. The molecule has 0 saturated heterocycles. The number of ether oxygens (including phenoxy) is 2. The van der Waals surface area contributed by atoms with Crippen LogP contribution in [0.4, 0.5) is 10.1 Å². The maximum Gasteiger partial charge on any atom is 0.229 e. The topological polar surface area (TPSA) is 52.8 Å². The number of alkyl halides is 1. The van der Waals surface area contributed by atoms with Gasteiger partial charge in [0.05, 0.1) is 24.6 Å². The highest BCUT2D eigenvalue weighted by atomic mass is 35.5. The normalized spacial score (nSPS) is 10.6. The molecule has 0 unspecified atom stereocenters. The van der Waals surface area contributed by atoms with Crippen LogP contribution in [0.25, 0.3) is 15.7 Å². The summed E-state index contributed by atoms with van der Waals surface area (Å²) in [4.78, 5) is 20.3. The number of halogens is 2. The lowest BCUT2D eigenvalue weighted by atomic mass is 10.0. The fourth-order valence-electron chi connectivity index (χ4n) is 3.50. The smallest absolute Gasteiger partial charge is 0.229 e. The lowest BCUT2D eigenvalue weighted by Gasteiger charge is -2.12. The molecule has 170 valence electrons. The van der Waals surface area contributed by atoms with Gasteiger partial charge in [0, 0.05) is 24.4 Å². The highest BCUT2D eigenvalue weighted by molar-refractivity contribution is 6.18. The molecule has 0 fully saturated rings. The Kier molecular flexibility index (Phi) is 7.36. The number of carbonyl (C=O) groups excluding carboxylic acids is 1. The van der Waals surface area contributed by atoms with Crippen LogP contribution in [-0.2, 0) is 17.6 Å². The van der Waals surface area contributed by atoms with E-state index in [1.54, 1.807) is 48.7 Å². The average molecular weight is 475 g/mol. The fourth-order valence-corrected chi connectivity index (χ4v) is 3.58. The zero-order valence-electron chi connectivity index (χ0n) is 18.1. The van der Waals surface area contributed by atoms with Gasteiger partial charge in [0.15, 0.2) is 0 Å². The summed E-state index contributed by atoms with van der Waals surface area (Å²) in [5, 5.41) is 0.685. The summed E-state index contributed by atoms with van der Waals surface area (Å²) in [5.74, 6) is 1.62. The van der Waals surface area contributed by atoms with Gasteiger partial charge >= 0.3 is 0 Å². The highest BCUT2D eigenvalue weighted by Gasteiger charge is 2.12. The lowest BCUT2D eigenvalue weighted by Crippen LogP contribution is -2.06. The molecule has 4 rings (SSSR count). The summed E-state index contributed by atoms with van der Waals surface area (Å²) >= 11 is 5.69. The molecule has 0 radical (unpaired) electrons. The van der Waals surface area contributed by atoms with Gasteiger partial charge in [0.2, 0.25) is 5.69 Å². The van der Waals surface area contributed by atoms with Gasteiger partial charge in [0.25, 0.3) is 0 Å². The number of pyridine rings is 1. The van der Waals surface area contributed by atoms with Gasteiger partial charge in [-0.2, -0.15) is 0 Å². The quantitative estimate of drug-likeness (QED) is 0.200. The monoisotopic (exact) mass is 474 g/mol. The largest absolute Gasteiger partial charge is 0.503 e. The second-order valence-electron chi connectivity index (χ2n) is 7.56. The van der Waals surface area contributed by atoms with E-state index in [4.69, 9.17) is 27.6 Å². The average Bonchev–Trinajstić information content (AvgIpc) is 2.85. The number of rotatable bonds is 9. The molecule has 0 aliphatic carbocycles. The number of nitrogens with zero attached hydrogens (tertiary/aromatic N) is 2. The van der Waals surface area contributed by atoms with Crippen molar-refractivity contribution < 1.29 is 18.7 Å². The van der Waals surface area contributed by atoms with Gasteiger partial charge in [-0.25, -0.2) is 9.24 Å². The Balaban J connectivity index is 1.47. The first-order valence-corrected chi connectivity index (χ1v) is 11.1. The molecular weight excluding hydrogens is 455 g/mol. The summed E-state index contributed by atoms with van der Waals surface area (Å²) in [6.45, 7) is 7.75. The molecule has 5 nitrogen and oxygen atoms in total. The highest BCUT2D eigenvalue weighted by Crippen LogP contribution is 2.37. The molecule has 4 aromatic rings. The Morgan fingerprint density at radius 2 is 1.65 bits per heavy atom. The van der Waals surface area contributed by atoms with Crippen LogP contribution in [0.15, 0.2) is 72.9 Å². The summed E-state index contributed by atoms with van der Waals surface area (Å²) in [6, 6.07) is 18.3. The van der Waals surface area contributed by atoms with Gasteiger partial charge in [0.1, 0.15) is 28.8 Å². The summed E-state index contributed by atoms with van der Waals surface area (Å²) in [5.41, 5.74) is 2.63. The van der Waals surface area contributed by atoms with Crippen LogP contribution in [0.5, 0.6) is 17.2 Å². The van der Waals surface area contributed by atoms with Crippen molar-refractivity contribution in [2.75, 3.05) is 12.5 Å². The number of hydrogen-bond donors (Lipinski definition) is 0. The number of carbonyl (C=O) groups is 1. The van der Waals surface area contributed by atoms with E-state index in [0.29, 0.717) is 46.3 Å². The van der Waals surface area contributed by atoms with Gasteiger partial charge in [-0.15, -0.1) is 11.6 Å². The van der Waals surface area contributed by atoms with Crippen LogP contribution < -0.4 is 9.47 Å². The van der Waals surface area contributed by atoms with Crippen molar-refractivity contribution in [3.63, 3.8) is 0 Å². The van der Waals surface area contributed by atoms with E-state index in [0.717, 1.165) is 11.1 Å². The Bertz CT molecular complexity index is 1350.